The molecule has 1 aromatic carbocycles. The van der Waals surface area contributed by atoms with Crippen molar-refractivity contribution in [2.75, 3.05) is 19.6 Å². The summed E-state index contributed by atoms with van der Waals surface area (Å²) in [6.07, 6.45) is 8.30. The van der Waals surface area contributed by atoms with Gasteiger partial charge in [0.2, 0.25) is 5.91 Å². The number of para-hydroxylation sites is 1. The lowest BCUT2D eigenvalue weighted by molar-refractivity contribution is -0.135. The molecule has 1 aromatic heterocycles. The van der Waals surface area contributed by atoms with E-state index >= 15 is 0 Å². The molecule has 1 spiro atoms. The third-order valence-corrected chi connectivity index (χ3v) is 7.14. The van der Waals surface area contributed by atoms with Crippen molar-refractivity contribution in [2.45, 2.75) is 31.9 Å². The van der Waals surface area contributed by atoms with E-state index in [-0.39, 0.29) is 17.4 Å². The third-order valence-electron chi connectivity index (χ3n) is 6.88. The molecule has 3 aliphatic heterocycles. The second kappa shape index (κ2) is 6.64. The van der Waals surface area contributed by atoms with Crippen molar-refractivity contribution in [1.82, 2.24) is 14.8 Å². The van der Waals surface area contributed by atoms with Crippen molar-refractivity contribution < 1.29 is 9.53 Å². The number of aromatic nitrogens is 1. The van der Waals surface area contributed by atoms with Gasteiger partial charge in [-0.15, -0.1) is 0 Å². The minimum absolute atomic E-state index is 0.0447. The number of hydrogen-bond acceptors (Lipinski definition) is 4. The molecule has 2 unspecified atom stereocenters. The molecule has 4 aliphatic rings. The molecule has 2 saturated heterocycles. The van der Waals surface area contributed by atoms with Gasteiger partial charge in [0.05, 0.1) is 11.1 Å². The lowest BCUT2D eigenvalue weighted by atomic mass is 9.85. The molecule has 6 nitrogen and oxygen atoms in total. The molecule has 2 fully saturated rings. The number of rotatable bonds is 2. The first-order chi connectivity index (χ1) is 14.6. The first kappa shape index (κ1) is 18.1. The van der Waals surface area contributed by atoms with Gasteiger partial charge in [-0.3, -0.25) is 4.79 Å². The zero-order valence-corrected chi connectivity index (χ0v) is 17.4. The van der Waals surface area contributed by atoms with Crippen LogP contribution in [-0.2, 0) is 16.1 Å². The number of nitrogens with zero attached hydrogens (tertiary/aromatic N) is 3. The number of halogens is 1. The van der Waals surface area contributed by atoms with Crippen LogP contribution in [0.1, 0.15) is 24.8 Å². The average molecular weight is 423 g/mol. The van der Waals surface area contributed by atoms with E-state index in [0.29, 0.717) is 24.1 Å². The van der Waals surface area contributed by atoms with E-state index < -0.39 is 0 Å². The van der Waals surface area contributed by atoms with Gasteiger partial charge in [0.25, 0.3) is 6.02 Å². The van der Waals surface area contributed by atoms with Gasteiger partial charge in [-0.1, -0.05) is 35.9 Å². The summed E-state index contributed by atoms with van der Waals surface area (Å²) in [6.45, 7) is 2.93. The summed E-state index contributed by atoms with van der Waals surface area (Å²) in [5, 5.41) is 1.91. The van der Waals surface area contributed by atoms with Crippen LogP contribution in [0.15, 0.2) is 58.3 Å². The van der Waals surface area contributed by atoms with Crippen LogP contribution in [0.25, 0.3) is 10.9 Å². The molecule has 30 heavy (non-hydrogen) atoms. The summed E-state index contributed by atoms with van der Waals surface area (Å²) in [5.74, 6) is 0.259. The van der Waals surface area contributed by atoms with Crippen molar-refractivity contribution in [3.05, 3.63) is 58.9 Å². The molecule has 1 N–H and O–H groups in total. The number of allylic oxidation sites excluding steroid dienone is 2. The Labute approximate surface area is 179 Å². The Balaban J connectivity index is 1.18. The molecule has 2 atom stereocenters. The van der Waals surface area contributed by atoms with Crippen molar-refractivity contribution >= 4 is 34.4 Å². The fourth-order valence-electron chi connectivity index (χ4n) is 5.18. The lowest BCUT2D eigenvalue weighted by Crippen LogP contribution is -2.38. The van der Waals surface area contributed by atoms with Crippen LogP contribution in [0.3, 0.4) is 0 Å². The van der Waals surface area contributed by atoms with Crippen molar-refractivity contribution in [3.8, 4) is 0 Å². The molecule has 2 aromatic rings. The first-order valence-electron chi connectivity index (χ1n) is 10.5. The molecule has 6 rings (SSSR count). The van der Waals surface area contributed by atoms with Crippen LogP contribution in [0, 0.1) is 5.41 Å². The van der Waals surface area contributed by atoms with Gasteiger partial charge in [0.1, 0.15) is 6.10 Å². The van der Waals surface area contributed by atoms with Crippen molar-refractivity contribution in [1.29, 1.82) is 0 Å². The third kappa shape index (κ3) is 2.77. The average Bonchev–Trinajstić information content (AvgIpc) is 3.51. The Kier molecular flexibility index (Phi) is 4.00. The summed E-state index contributed by atoms with van der Waals surface area (Å²) in [6, 6.07) is 8.89. The maximum absolute atomic E-state index is 13.4. The number of aliphatic imine (C=N–C) groups is 1. The number of hydrogen-bond donors (Lipinski definition) is 1. The molecular weight excluding hydrogens is 400 g/mol. The van der Waals surface area contributed by atoms with Crippen LogP contribution in [0.4, 0.5) is 0 Å². The number of carbonyl (C=O) groups excluding carboxylic acids is 1. The predicted molar refractivity (Wildman–Crippen MR) is 116 cm³/mol. The number of fused-ring (bicyclic) bond motifs is 2. The number of ether oxygens (including phenoxy) is 1. The highest BCUT2D eigenvalue weighted by molar-refractivity contribution is 6.31. The summed E-state index contributed by atoms with van der Waals surface area (Å²) in [4.78, 5) is 25.5. The molecule has 154 valence electrons. The largest absolute Gasteiger partial charge is 0.455 e. The highest BCUT2D eigenvalue weighted by Crippen LogP contribution is 2.42. The molecule has 7 heteroatoms. The molecule has 0 radical (unpaired) electrons. The van der Waals surface area contributed by atoms with Crippen LogP contribution in [-0.4, -0.2) is 52.5 Å². The Morgan fingerprint density at radius 3 is 3.07 bits per heavy atom. The number of nitrogens with one attached hydrogen (secondary N) is 1. The van der Waals surface area contributed by atoms with E-state index in [9.17, 15) is 4.79 Å². The number of aromatic amines is 1. The number of carbonyl (C=O) groups is 1. The molecule has 1 aliphatic carbocycles. The zero-order chi connectivity index (χ0) is 20.3. The zero-order valence-electron chi connectivity index (χ0n) is 16.6. The molecule has 1 amide bonds. The fraction of sp³-hybridized carbons (Fsp3) is 0.391. The SMILES string of the molecule is O=C1N(Cc2c[nH]c3ccccc23)CCC12CCN(C1=NC3=CC(Cl)=CCC3O1)C2. The number of likely N-dealkylation sites (tertiary alicyclic amines) is 2. The topological polar surface area (TPSA) is 60.9 Å². The smallest absolute Gasteiger partial charge is 0.293 e. The standard InChI is InChI=1S/C23H23ClN4O2/c24-16-5-6-20-19(11-16)26-22(30-20)28-10-8-23(14-28)7-9-27(21(23)29)13-15-12-25-18-4-2-1-3-17(15)18/h1-5,11-12,20,25H,6-10,13-14H2. The van der Waals surface area contributed by atoms with Gasteiger partial charge in [0.15, 0.2) is 0 Å². The van der Waals surface area contributed by atoms with Gasteiger partial charge in [-0.25, -0.2) is 0 Å². The second-order valence-corrected chi connectivity index (χ2v) is 9.12. The first-order valence-corrected chi connectivity index (χ1v) is 10.9. The van der Waals surface area contributed by atoms with Crippen LogP contribution in [0.5, 0.6) is 0 Å². The van der Waals surface area contributed by atoms with Gasteiger partial charge in [-0.05, 0) is 30.5 Å². The number of amides is 1. The fourth-order valence-corrected chi connectivity index (χ4v) is 5.38. The number of H-pyrrole nitrogens is 1. The Hall–Kier alpha value is -2.73. The second-order valence-electron chi connectivity index (χ2n) is 8.68. The van der Waals surface area contributed by atoms with Crippen LogP contribution >= 0.6 is 11.6 Å². The van der Waals surface area contributed by atoms with Crippen molar-refractivity contribution in [3.63, 3.8) is 0 Å². The number of benzene rings is 1. The highest BCUT2D eigenvalue weighted by atomic mass is 35.5. The van der Waals surface area contributed by atoms with E-state index in [1.165, 1.54) is 10.9 Å². The quantitative estimate of drug-likeness (QED) is 0.801. The summed E-state index contributed by atoms with van der Waals surface area (Å²) in [7, 11) is 0. The monoisotopic (exact) mass is 422 g/mol. The highest BCUT2D eigenvalue weighted by Gasteiger charge is 2.52. The number of amidine groups is 1. The lowest BCUT2D eigenvalue weighted by Gasteiger charge is -2.24. The van der Waals surface area contributed by atoms with Gasteiger partial charge in [-0.2, -0.15) is 4.99 Å². The Morgan fingerprint density at radius 1 is 1.27 bits per heavy atom. The van der Waals surface area contributed by atoms with E-state index in [2.05, 4.69) is 27.0 Å². The maximum Gasteiger partial charge on any atom is 0.293 e. The summed E-state index contributed by atoms with van der Waals surface area (Å²) >= 11 is 6.11. The minimum Gasteiger partial charge on any atom is -0.455 e. The van der Waals surface area contributed by atoms with Gasteiger partial charge >= 0.3 is 0 Å². The maximum atomic E-state index is 13.4. The molecule has 0 saturated carbocycles. The Bertz CT molecular complexity index is 1130. The molecule has 0 bridgehead atoms. The van der Waals surface area contributed by atoms with Crippen LogP contribution < -0.4 is 0 Å². The normalized spacial score (nSPS) is 28.1. The summed E-state index contributed by atoms with van der Waals surface area (Å²) < 4.78 is 6.07. The molecule has 4 heterocycles. The molecular formula is C23H23ClN4O2. The van der Waals surface area contributed by atoms with Crippen molar-refractivity contribution in [2.24, 2.45) is 10.4 Å². The Morgan fingerprint density at radius 2 is 2.13 bits per heavy atom. The minimum atomic E-state index is -0.323. The van der Waals surface area contributed by atoms with Gasteiger partial charge < -0.3 is 19.5 Å². The van der Waals surface area contributed by atoms with E-state index in [4.69, 9.17) is 16.3 Å². The van der Waals surface area contributed by atoms with E-state index in [1.54, 1.807) is 0 Å². The summed E-state index contributed by atoms with van der Waals surface area (Å²) in [5.41, 5.74) is 2.85. The van der Waals surface area contributed by atoms with E-state index in [0.717, 1.165) is 43.6 Å². The van der Waals surface area contributed by atoms with E-state index in [1.807, 2.05) is 35.4 Å². The predicted octanol–water partition coefficient (Wildman–Crippen LogP) is 3.76. The van der Waals surface area contributed by atoms with Crippen LogP contribution in [0.2, 0.25) is 0 Å². The van der Waals surface area contributed by atoms with Gasteiger partial charge in [0, 0.05) is 54.7 Å².